The average molecular weight is 460 g/mol. The summed E-state index contributed by atoms with van der Waals surface area (Å²) in [5.41, 5.74) is 0.948. The molecule has 0 radical (unpaired) electrons. The summed E-state index contributed by atoms with van der Waals surface area (Å²) in [6.07, 6.45) is 1.68. The average Bonchev–Trinajstić information content (AvgIpc) is 3.36. The first kappa shape index (κ1) is 20.3. The van der Waals surface area contributed by atoms with Gasteiger partial charge in [0, 0.05) is 22.2 Å². The number of benzene rings is 2. The van der Waals surface area contributed by atoms with E-state index in [0.29, 0.717) is 22.0 Å². The number of halogens is 2. The Balaban J connectivity index is 1.18. The minimum Gasteiger partial charge on any atom is -0.485 e. The number of carbonyl (C=O) groups is 3. The third kappa shape index (κ3) is 3.68. The number of fused-ring (bicyclic) bond motifs is 1. The SMILES string of the molecule is O=C(COc1ccc(NC(=O)[C@@H]2[C@@H]3C[C@@H]4[C@@H]2C(=O)O[C@H]4C3)cc1)c1ccc(Cl)cc1Cl. The zero-order valence-electron chi connectivity index (χ0n) is 16.3. The van der Waals surface area contributed by atoms with Gasteiger partial charge in [-0.25, -0.2) is 0 Å². The summed E-state index contributed by atoms with van der Waals surface area (Å²) >= 11 is 11.9. The van der Waals surface area contributed by atoms with Gasteiger partial charge < -0.3 is 14.8 Å². The molecule has 2 bridgehead atoms. The van der Waals surface area contributed by atoms with Crippen LogP contribution in [0.2, 0.25) is 10.0 Å². The van der Waals surface area contributed by atoms with Gasteiger partial charge >= 0.3 is 5.97 Å². The molecule has 5 rings (SSSR count). The minimum atomic E-state index is -0.325. The third-order valence-electron chi connectivity index (χ3n) is 6.51. The molecule has 0 spiro atoms. The van der Waals surface area contributed by atoms with Crippen LogP contribution >= 0.6 is 23.2 Å². The van der Waals surface area contributed by atoms with Crippen LogP contribution in [-0.4, -0.2) is 30.4 Å². The van der Waals surface area contributed by atoms with Gasteiger partial charge in [-0.05, 0) is 61.2 Å². The van der Waals surface area contributed by atoms with E-state index in [-0.39, 0.29) is 59.1 Å². The summed E-state index contributed by atoms with van der Waals surface area (Å²) in [6, 6.07) is 11.4. The first-order valence-electron chi connectivity index (χ1n) is 10.1. The molecule has 2 aliphatic carbocycles. The van der Waals surface area contributed by atoms with E-state index >= 15 is 0 Å². The van der Waals surface area contributed by atoms with Gasteiger partial charge in [0.05, 0.1) is 16.9 Å². The fourth-order valence-corrected chi connectivity index (χ4v) is 5.68. The Morgan fingerprint density at radius 1 is 1.10 bits per heavy atom. The highest BCUT2D eigenvalue weighted by atomic mass is 35.5. The number of hydrogen-bond donors (Lipinski definition) is 1. The van der Waals surface area contributed by atoms with Crippen molar-refractivity contribution in [3.8, 4) is 5.75 Å². The molecular formula is C23H19Cl2NO5. The van der Waals surface area contributed by atoms with Gasteiger partial charge in [0.1, 0.15) is 11.9 Å². The molecule has 2 aromatic rings. The van der Waals surface area contributed by atoms with Gasteiger partial charge in [0.15, 0.2) is 6.61 Å². The lowest BCUT2D eigenvalue weighted by atomic mass is 9.79. The number of ether oxygens (including phenoxy) is 2. The number of rotatable bonds is 6. The second-order valence-corrected chi connectivity index (χ2v) is 9.12. The molecule has 8 heteroatoms. The number of amides is 1. The molecule has 1 heterocycles. The lowest BCUT2D eigenvalue weighted by Gasteiger charge is -2.23. The third-order valence-corrected chi connectivity index (χ3v) is 7.06. The lowest BCUT2D eigenvalue weighted by Crippen LogP contribution is -2.35. The summed E-state index contributed by atoms with van der Waals surface area (Å²) in [4.78, 5) is 37.3. The van der Waals surface area contributed by atoms with E-state index in [1.165, 1.54) is 6.07 Å². The zero-order valence-corrected chi connectivity index (χ0v) is 17.9. The van der Waals surface area contributed by atoms with E-state index in [4.69, 9.17) is 32.7 Å². The van der Waals surface area contributed by atoms with E-state index in [1.54, 1.807) is 36.4 Å². The lowest BCUT2D eigenvalue weighted by molar-refractivity contribution is -0.145. The van der Waals surface area contributed by atoms with Crippen molar-refractivity contribution in [1.82, 2.24) is 0 Å². The molecule has 160 valence electrons. The Hall–Kier alpha value is -2.57. The largest absolute Gasteiger partial charge is 0.485 e. The maximum atomic E-state index is 12.8. The molecule has 1 N–H and O–H groups in total. The highest BCUT2D eigenvalue weighted by molar-refractivity contribution is 6.36. The first-order valence-corrected chi connectivity index (χ1v) is 10.9. The second kappa shape index (κ2) is 7.84. The molecule has 1 saturated heterocycles. The quantitative estimate of drug-likeness (QED) is 0.511. The van der Waals surface area contributed by atoms with Crippen molar-refractivity contribution in [3.63, 3.8) is 0 Å². The first-order chi connectivity index (χ1) is 14.9. The van der Waals surface area contributed by atoms with Gasteiger partial charge in [0.2, 0.25) is 11.7 Å². The van der Waals surface area contributed by atoms with E-state index in [0.717, 1.165) is 12.8 Å². The van der Waals surface area contributed by atoms with E-state index in [2.05, 4.69) is 5.32 Å². The fraction of sp³-hybridized carbons (Fsp3) is 0.348. The Bertz CT molecular complexity index is 1070. The van der Waals surface area contributed by atoms with E-state index < -0.39 is 0 Å². The monoisotopic (exact) mass is 459 g/mol. The Morgan fingerprint density at radius 3 is 2.61 bits per heavy atom. The topological polar surface area (TPSA) is 81.7 Å². The summed E-state index contributed by atoms with van der Waals surface area (Å²) in [5.74, 6) is -0.391. The molecule has 2 aromatic carbocycles. The number of Topliss-reactive ketones (excluding diaryl/α,β-unsaturated/α-hetero) is 1. The number of ketones is 1. The Labute approximate surface area is 188 Å². The number of anilines is 1. The summed E-state index contributed by atoms with van der Waals surface area (Å²) in [7, 11) is 0. The van der Waals surface area contributed by atoms with Crippen molar-refractivity contribution >= 4 is 46.5 Å². The van der Waals surface area contributed by atoms with E-state index in [9.17, 15) is 14.4 Å². The molecule has 0 aromatic heterocycles. The highest BCUT2D eigenvalue weighted by Crippen LogP contribution is 2.57. The molecule has 2 saturated carbocycles. The molecule has 3 fully saturated rings. The minimum absolute atomic E-state index is 0.00782. The summed E-state index contributed by atoms with van der Waals surface area (Å²) in [6.45, 7) is -0.177. The molecule has 5 atom stereocenters. The maximum Gasteiger partial charge on any atom is 0.310 e. The van der Waals surface area contributed by atoms with Crippen LogP contribution in [0.5, 0.6) is 5.75 Å². The molecular weight excluding hydrogens is 441 g/mol. The van der Waals surface area contributed by atoms with Crippen LogP contribution in [0, 0.1) is 23.7 Å². The van der Waals surface area contributed by atoms with Crippen molar-refractivity contribution in [1.29, 1.82) is 0 Å². The van der Waals surface area contributed by atoms with Crippen molar-refractivity contribution in [2.75, 3.05) is 11.9 Å². The Morgan fingerprint density at radius 2 is 1.87 bits per heavy atom. The number of nitrogens with one attached hydrogen (secondary N) is 1. The van der Waals surface area contributed by atoms with E-state index in [1.807, 2.05) is 0 Å². The van der Waals surface area contributed by atoms with Crippen molar-refractivity contribution < 1.29 is 23.9 Å². The highest BCUT2D eigenvalue weighted by Gasteiger charge is 2.63. The van der Waals surface area contributed by atoms with Crippen LogP contribution < -0.4 is 10.1 Å². The zero-order chi connectivity index (χ0) is 21.7. The fourth-order valence-electron chi connectivity index (χ4n) is 5.17. The summed E-state index contributed by atoms with van der Waals surface area (Å²) < 4.78 is 10.9. The van der Waals surface area contributed by atoms with Crippen LogP contribution in [0.1, 0.15) is 23.2 Å². The predicted molar refractivity (Wildman–Crippen MR) is 114 cm³/mol. The smallest absolute Gasteiger partial charge is 0.310 e. The van der Waals surface area contributed by atoms with Gasteiger partial charge in [-0.15, -0.1) is 0 Å². The van der Waals surface area contributed by atoms with Crippen LogP contribution in [-0.2, 0) is 14.3 Å². The molecule has 1 aliphatic heterocycles. The Kier molecular flexibility index (Phi) is 5.15. The normalized spacial score (nSPS) is 27.8. The summed E-state index contributed by atoms with van der Waals surface area (Å²) in [5, 5.41) is 3.63. The second-order valence-electron chi connectivity index (χ2n) is 8.27. The standard InChI is InChI=1S/C23H19Cl2NO5/c24-12-1-6-15(17(25)9-12)18(27)10-30-14-4-2-13(3-5-14)26-22(28)20-11-7-16-19(8-11)31-23(29)21(16)20/h1-6,9,11,16,19-21H,7-8,10H2,(H,26,28)/t11-,16+,19+,20-,21+/m1/s1. The maximum absolute atomic E-state index is 12.8. The molecule has 1 amide bonds. The number of esters is 1. The number of hydrogen-bond acceptors (Lipinski definition) is 5. The number of carbonyl (C=O) groups excluding carboxylic acids is 3. The van der Waals surface area contributed by atoms with Crippen LogP contribution in [0.15, 0.2) is 42.5 Å². The van der Waals surface area contributed by atoms with Crippen molar-refractivity contribution in [2.24, 2.45) is 23.7 Å². The van der Waals surface area contributed by atoms with Crippen molar-refractivity contribution in [2.45, 2.75) is 18.9 Å². The van der Waals surface area contributed by atoms with Gasteiger partial charge in [0.25, 0.3) is 0 Å². The van der Waals surface area contributed by atoms with Crippen LogP contribution in [0.3, 0.4) is 0 Å². The van der Waals surface area contributed by atoms with Gasteiger partial charge in [-0.2, -0.15) is 0 Å². The molecule has 3 aliphatic rings. The molecule has 31 heavy (non-hydrogen) atoms. The predicted octanol–water partition coefficient (Wildman–Crippen LogP) is 4.39. The molecule has 6 nitrogen and oxygen atoms in total. The van der Waals surface area contributed by atoms with Gasteiger partial charge in [-0.1, -0.05) is 23.2 Å². The van der Waals surface area contributed by atoms with Crippen LogP contribution in [0.4, 0.5) is 5.69 Å². The van der Waals surface area contributed by atoms with Crippen molar-refractivity contribution in [3.05, 3.63) is 58.1 Å². The molecule has 0 unspecified atom stereocenters. The van der Waals surface area contributed by atoms with Gasteiger partial charge in [-0.3, -0.25) is 14.4 Å². The van der Waals surface area contributed by atoms with Crippen LogP contribution in [0.25, 0.3) is 0 Å².